The Bertz CT molecular complexity index is 484. The second kappa shape index (κ2) is 7.19. The summed E-state index contributed by atoms with van der Waals surface area (Å²) in [7, 11) is 0. The second-order valence-corrected chi connectivity index (χ2v) is 5.30. The molecule has 21 heavy (non-hydrogen) atoms. The molecule has 7 heteroatoms. The molecule has 0 aromatic carbocycles. The molecule has 0 spiro atoms. The van der Waals surface area contributed by atoms with Crippen molar-refractivity contribution in [2.75, 3.05) is 23.3 Å². The van der Waals surface area contributed by atoms with Crippen LogP contribution in [0, 0.1) is 10.1 Å². The molecule has 0 unspecified atom stereocenters. The van der Waals surface area contributed by atoms with Crippen LogP contribution in [0.15, 0.2) is 6.33 Å². The molecule has 1 saturated carbocycles. The van der Waals surface area contributed by atoms with Crippen molar-refractivity contribution in [2.45, 2.75) is 52.0 Å². The van der Waals surface area contributed by atoms with Gasteiger partial charge in [-0.2, -0.15) is 0 Å². The van der Waals surface area contributed by atoms with Gasteiger partial charge in [-0.05, 0) is 26.7 Å². The summed E-state index contributed by atoms with van der Waals surface area (Å²) in [6.45, 7) is 5.28. The van der Waals surface area contributed by atoms with E-state index in [0.717, 1.165) is 12.8 Å². The molecule has 0 atom stereocenters. The quantitative estimate of drug-likeness (QED) is 0.641. The predicted molar refractivity (Wildman–Crippen MR) is 82.7 cm³/mol. The first-order valence-electron chi connectivity index (χ1n) is 7.68. The summed E-state index contributed by atoms with van der Waals surface area (Å²) in [5.74, 6) is 0.752. The van der Waals surface area contributed by atoms with Crippen LogP contribution in [0.5, 0.6) is 0 Å². The maximum atomic E-state index is 11.5. The molecule has 0 aliphatic heterocycles. The molecule has 2 rings (SSSR count). The fourth-order valence-electron chi connectivity index (χ4n) is 2.84. The molecule has 1 aromatic heterocycles. The van der Waals surface area contributed by atoms with Crippen LogP contribution in [0.25, 0.3) is 0 Å². The number of aromatic nitrogens is 2. The van der Waals surface area contributed by atoms with E-state index in [1.807, 2.05) is 18.7 Å². The average molecular weight is 293 g/mol. The zero-order valence-corrected chi connectivity index (χ0v) is 12.7. The zero-order valence-electron chi connectivity index (χ0n) is 12.7. The lowest BCUT2D eigenvalue weighted by Gasteiger charge is -2.24. The van der Waals surface area contributed by atoms with E-state index in [-0.39, 0.29) is 16.7 Å². The van der Waals surface area contributed by atoms with Crippen molar-refractivity contribution in [3.8, 4) is 0 Å². The summed E-state index contributed by atoms with van der Waals surface area (Å²) in [5, 5.41) is 14.7. The molecule has 0 amide bonds. The van der Waals surface area contributed by atoms with Crippen LogP contribution in [-0.2, 0) is 0 Å². The van der Waals surface area contributed by atoms with Crippen molar-refractivity contribution in [2.24, 2.45) is 0 Å². The molecule has 1 N–H and O–H groups in total. The first-order valence-corrected chi connectivity index (χ1v) is 7.68. The summed E-state index contributed by atoms with van der Waals surface area (Å²) in [6, 6.07) is 0.275. The number of rotatable bonds is 6. The number of anilines is 2. The van der Waals surface area contributed by atoms with E-state index >= 15 is 0 Å². The zero-order chi connectivity index (χ0) is 15.2. The highest BCUT2D eigenvalue weighted by Gasteiger charge is 2.27. The van der Waals surface area contributed by atoms with E-state index in [1.54, 1.807) is 0 Å². The number of nitrogens with zero attached hydrogens (tertiary/aromatic N) is 4. The third-order valence-electron chi connectivity index (χ3n) is 3.99. The normalized spacial score (nSPS) is 15.7. The summed E-state index contributed by atoms with van der Waals surface area (Å²) >= 11 is 0. The van der Waals surface area contributed by atoms with Gasteiger partial charge in [0.15, 0.2) is 0 Å². The summed E-state index contributed by atoms with van der Waals surface area (Å²) in [4.78, 5) is 21.2. The first kappa shape index (κ1) is 15.5. The van der Waals surface area contributed by atoms with Crippen LogP contribution in [0.3, 0.4) is 0 Å². The van der Waals surface area contributed by atoms with Gasteiger partial charge in [0.05, 0.1) is 4.92 Å². The molecule has 1 fully saturated rings. The third-order valence-corrected chi connectivity index (χ3v) is 3.99. The average Bonchev–Trinajstić information content (AvgIpc) is 2.49. The van der Waals surface area contributed by atoms with Crippen LogP contribution in [-0.4, -0.2) is 34.0 Å². The van der Waals surface area contributed by atoms with Crippen LogP contribution in [0.1, 0.15) is 46.0 Å². The van der Waals surface area contributed by atoms with E-state index in [2.05, 4.69) is 15.3 Å². The minimum atomic E-state index is -0.376. The van der Waals surface area contributed by atoms with Crippen LogP contribution < -0.4 is 10.2 Å². The van der Waals surface area contributed by atoms with E-state index < -0.39 is 0 Å². The van der Waals surface area contributed by atoms with Gasteiger partial charge < -0.3 is 10.2 Å². The summed E-state index contributed by atoms with van der Waals surface area (Å²) < 4.78 is 0. The lowest BCUT2D eigenvalue weighted by atomic mass is 9.95. The van der Waals surface area contributed by atoms with Gasteiger partial charge in [0, 0.05) is 19.1 Å². The smallest absolute Gasteiger partial charge is 0.353 e. The Labute approximate surface area is 124 Å². The van der Waals surface area contributed by atoms with E-state index in [0.29, 0.717) is 24.7 Å². The molecule has 0 bridgehead atoms. The van der Waals surface area contributed by atoms with Crippen LogP contribution in [0.2, 0.25) is 0 Å². The lowest BCUT2D eigenvalue weighted by Crippen LogP contribution is -2.27. The van der Waals surface area contributed by atoms with E-state index in [9.17, 15) is 10.1 Å². The minimum Gasteiger partial charge on any atom is -0.361 e. The molecule has 1 aliphatic carbocycles. The van der Waals surface area contributed by atoms with Crippen molar-refractivity contribution < 1.29 is 4.92 Å². The van der Waals surface area contributed by atoms with Crippen molar-refractivity contribution in [3.05, 3.63) is 16.4 Å². The highest BCUT2D eigenvalue weighted by molar-refractivity contribution is 5.70. The van der Waals surface area contributed by atoms with Gasteiger partial charge in [-0.25, -0.2) is 9.97 Å². The Balaban J connectivity index is 2.31. The van der Waals surface area contributed by atoms with Gasteiger partial charge in [0.25, 0.3) is 0 Å². The predicted octanol–water partition coefficient (Wildman–Crippen LogP) is 2.98. The highest BCUT2D eigenvalue weighted by Crippen LogP contribution is 2.33. The number of nitrogens with one attached hydrogen (secondary N) is 1. The monoisotopic (exact) mass is 293 g/mol. The third kappa shape index (κ3) is 3.59. The molecule has 0 saturated heterocycles. The van der Waals surface area contributed by atoms with Gasteiger partial charge >= 0.3 is 5.69 Å². The standard InChI is InChI=1S/C14H23N5O2/c1-3-18(4-2)14-12(19(20)21)13(15-10-16-14)17-11-8-6-5-7-9-11/h10-11H,3-9H2,1-2H3,(H,15,16,17). The minimum absolute atomic E-state index is 0.00762. The van der Waals surface area contributed by atoms with E-state index in [4.69, 9.17) is 0 Å². The fourth-order valence-corrected chi connectivity index (χ4v) is 2.84. The molecular weight excluding hydrogens is 270 g/mol. The topological polar surface area (TPSA) is 84.2 Å². The second-order valence-electron chi connectivity index (χ2n) is 5.30. The van der Waals surface area contributed by atoms with E-state index in [1.165, 1.54) is 25.6 Å². The number of hydrogen-bond acceptors (Lipinski definition) is 6. The molecule has 7 nitrogen and oxygen atoms in total. The van der Waals surface area contributed by atoms with Crippen LogP contribution >= 0.6 is 0 Å². The Morgan fingerprint density at radius 2 is 1.95 bits per heavy atom. The molecule has 116 valence electrons. The summed E-state index contributed by atoms with van der Waals surface area (Å²) in [5.41, 5.74) is -0.00762. The van der Waals surface area contributed by atoms with Gasteiger partial charge in [0.2, 0.25) is 11.6 Å². The Kier molecular flexibility index (Phi) is 5.30. The number of nitro groups is 1. The molecular formula is C14H23N5O2. The van der Waals surface area contributed by atoms with Gasteiger partial charge in [-0.3, -0.25) is 10.1 Å². The lowest BCUT2D eigenvalue weighted by molar-refractivity contribution is -0.383. The highest BCUT2D eigenvalue weighted by atomic mass is 16.6. The molecule has 1 aliphatic rings. The molecule has 0 radical (unpaired) electrons. The molecule has 1 heterocycles. The van der Waals surface area contributed by atoms with Crippen molar-refractivity contribution in [1.29, 1.82) is 0 Å². The van der Waals surface area contributed by atoms with Crippen molar-refractivity contribution in [3.63, 3.8) is 0 Å². The SMILES string of the molecule is CCN(CC)c1ncnc(NC2CCCCC2)c1[N+](=O)[O-]. The number of hydrogen-bond donors (Lipinski definition) is 1. The summed E-state index contributed by atoms with van der Waals surface area (Å²) in [6.07, 6.45) is 7.07. The fraction of sp³-hybridized carbons (Fsp3) is 0.714. The maximum Gasteiger partial charge on any atom is 0.353 e. The van der Waals surface area contributed by atoms with Crippen molar-refractivity contribution in [1.82, 2.24) is 9.97 Å². The van der Waals surface area contributed by atoms with Crippen LogP contribution in [0.4, 0.5) is 17.3 Å². The first-order chi connectivity index (χ1) is 10.2. The van der Waals surface area contributed by atoms with Gasteiger partial charge in [0.1, 0.15) is 6.33 Å². The molecule has 1 aromatic rings. The maximum absolute atomic E-state index is 11.5. The van der Waals surface area contributed by atoms with Gasteiger partial charge in [-0.1, -0.05) is 19.3 Å². The Morgan fingerprint density at radius 3 is 2.52 bits per heavy atom. The largest absolute Gasteiger partial charge is 0.361 e. The van der Waals surface area contributed by atoms with Gasteiger partial charge in [-0.15, -0.1) is 0 Å². The Hall–Kier alpha value is -1.92. The van der Waals surface area contributed by atoms with Crippen molar-refractivity contribution >= 4 is 17.3 Å². The Morgan fingerprint density at radius 1 is 1.29 bits per heavy atom.